The number of nitrogens with zero attached hydrogens (tertiary/aromatic N) is 2. The number of hydrogen-bond donors (Lipinski definition) is 1. The molecular weight excluding hydrogens is 558 g/mol. The van der Waals surface area contributed by atoms with E-state index in [1.54, 1.807) is 24.3 Å². The Balaban J connectivity index is 1.32. The van der Waals surface area contributed by atoms with Gasteiger partial charge in [0.15, 0.2) is 6.61 Å². The largest absolute Gasteiger partial charge is 0.484 e. The van der Waals surface area contributed by atoms with Gasteiger partial charge in [-0.2, -0.15) is 0 Å². The minimum absolute atomic E-state index is 0.0645. The molecule has 7 heteroatoms. The third kappa shape index (κ3) is 6.10. The topological polar surface area (TPSA) is 61.9 Å². The predicted molar refractivity (Wildman–Crippen MR) is 172 cm³/mol. The van der Waals surface area contributed by atoms with E-state index in [2.05, 4.69) is 22.3 Å². The number of anilines is 3. The predicted octanol–water partition coefficient (Wildman–Crippen LogP) is 8.03. The van der Waals surface area contributed by atoms with E-state index in [9.17, 15) is 9.59 Å². The number of ether oxygens (including phenoxy) is 1. The van der Waals surface area contributed by atoms with Crippen LogP contribution in [0.2, 0.25) is 5.02 Å². The average molecular weight is 588 g/mol. The molecule has 0 unspecified atom stereocenters. The normalized spacial score (nSPS) is 14.3. The van der Waals surface area contributed by atoms with Crippen LogP contribution in [0.5, 0.6) is 5.75 Å². The number of benzene rings is 5. The third-order valence-corrected chi connectivity index (χ3v) is 7.74. The maximum Gasteiger partial charge on any atom is 0.262 e. The van der Waals surface area contributed by atoms with Crippen molar-refractivity contribution >= 4 is 40.5 Å². The van der Waals surface area contributed by atoms with Gasteiger partial charge in [0.2, 0.25) is 0 Å². The van der Waals surface area contributed by atoms with Gasteiger partial charge in [0.1, 0.15) is 11.9 Å². The highest BCUT2D eigenvalue weighted by Crippen LogP contribution is 2.42. The maximum atomic E-state index is 14.1. The summed E-state index contributed by atoms with van der Waals surface area (Å²) in [5, 5.41) is 3.23. The third-order valence-electron chi connectivity index (χ3n) is 7.41. The van der Waals surface area contributed by atoms with Gasteiger partial charge in [-0.3, -0.25) is 14.5 Å². The Morgan fingerprint density at radius 2 is 1.49 bits per heavy atom. The van der Waals surface area contributed by atoms with Crippen LogP contribution in [0.25, 0.3) is 0 Å². The molecule has 5 aromatic carbocycles. The molecule has 6 rings (SSSR count). The van der Waals surface area contributed by atoms with Crippen molar-refractivity contribution < 1.29 is 14.3 Å². The number of rotatable bonds is 8. The first-order valence-corrected chi connectivity index (χ1v) is 14.4. The molecule has 0 aromatic heterocycles. The summed E-state index contributed by atoms with van der Waals surface area (Å²) in [6, 6.07) is 40.6. The van der Waals surface area contributed by atoms with Crippen molar-refractivity contribution in [3.63, 3.8) is 0 Å². The smallest absolute Gasteiger partial charge is 0.262 e. The number of fused-ring (bicyclic) bond motifs is 1. The lowest BCUT2D eigenvalue weighted by molar-refractivity contribution is -0.118. The van der Waals surface area contributed by atoms with Crippen LogP contribution in [-0.2, 0) is 11.3 Å². The second-order valence-electron chi connectivity index (χ2n) is 10.4. The number of aryl methyl sites for hydroxylation is 1. The molecule has 1 aliphatic rings. The van der Waals surface area contributed by atoms with Gasteiger partial charge in [0.05, 0.1) is 22.0 Å². The van der Waals surface area contributed by atoms with Crippen molar-refractivity contribution in [3.05, 3.63) is 155 Å². The van der Waals surface area contributed by atoms with Crippen LogP contribution in [0.1, 0.15) is 33.2 Å². The Labute approximate surface area is 256 Å². The molecule has 0 saturated heterocycles. The second kappa shape index (κ2) is 12.4. The van der Waals surface area contributed by atoms with Crippen LogP contribution in [0.4, 0.5) is 17.1 Å². The van der Waals surface area contributed by atoms with Gasteiger partial charge in [-0.25, -0.2) is 0 Å². The van der Waals surface area contributed by atoms with E-state index in [0.717, 1.165) is 28.1 Å². The van der Waals surface area contributed by atoms with E-state index < -0.39 is 6.17 Å². The fourth-order valence-corrected chi connectivity index (χ4v) is 5.48. The SMILES string of the molecule is Cc1ccc(N2C(=O)c3ccccc3N(Cc3ccccc3)[C@H]2c2ccc(OCC(=O)Nc3ccccc3Cl)cc2)cc1. The molecule has 0 bridgehead atoms. The number of halogens is 1. The number of amides is 2. The average Bonchev–Trinajstić information content (AvgIpc) is 3.04. The van der Waals surface area contributed by atoms with Crippen molar-refractivity contribution in [2.24, 2.45) is 0 Å². The quantitative estimate of drug-likeness (QED) is 0.200. The summed E-state index contributed by atoms with van der Waals surface area (Å²) in [5.74, 6) is 0.161. The lowest BCUT2D eigenvalue weighted by Crippen LogP contribution is -2.49. The molecule has 5 aromatic rings. The van der Waals surface area contributed by atoms with Crippen molar-refractivity contribution in [2.75, 3.05) is 21.7 Å². The summed E-state index contributed by atoms with van der Waals surface area (Å²) >= 11 is 6.16. The highest BCUT2D eigenvalue weighted by atomic mass is 35.5. The van der Waals surface area contributed by atoms with E-state index in [1.165, 1.54) is 0 Å². The molecule has 0 spiro atoms. The number of carbonyl (C=O) groups excluding carboxylic acids is 2. The molecule has 0 saturated carbocycles. The van der Waals surface area contributed by atoms with Gasteiger partial charge in [-0.05, 0) is 66.6 Å². The zero-order valence-corrected chi connectivity index (χ0v) is 24.4. The first kappa shape index (κ1) is 28.1. The van der Waals surface area contributed by atoms with Crippen LogP contribution in [0, 0.1) is 6.92 Å². The summed E-state index contributed by atoms with van der Waals surface area (Å²) in [5.41, 5.74) is 6.03. The molecular formula is C36H30ClN3O3. The minimum atomic E-state index is -0.428. The Morgan fingerprint density at radius 3 is 2.23 bits per heavy atom. The van der Waals surface area contributed by atoms with Gasteiger partial charge in [0, 0.05) is 12.2 Å². The number of carbonyl (C=O) groups is 2. The van der Waals surface area contributed by atoms with Gasteiger partial charge in [-0.15, -0.1) is 0 Å². The van der Waals surface area contributed by atoms with Crippen LogP contribution < -0.4 is 19.9 Å². The molecule has 43 heavy (non-hydrogen) atoms. The highest BCUT2D eigenvalue weighted by molar-refractivity contribution is 6.33. The minimum Gasteiger partial charge on any atom is -0.484 e. The Morgan fingerprint density at radius 1 is 0.814 bits per heavy atom. The molecule has 1 atom stereocenters. The van der Waals surface area contributed by atoms with Crippen LogP contribution in [0.3, 0.4) is 0 Å². The maximum absolute atomic E-state index is 14.1. The molecule has 0 radical (unpaired) electrons. The fraction of sp³-hybridized carbons (Fsp3) is 0.111. The molecule has 0 fully saturated rings. The molecule has 1 N–H and O–H groups in total. The second-order valence-corrected chi connectivity index (χ2v) is 10.8. The van der Waals surface area contributed by atoms with Crippen molar-refractivity contribution in [1.82, 2.24) is 0 Å². The highest BCUT2D eigenvalue weighted by Gasteiger charge is 2.39. The zero-order chi connectivity index (χ0) is 29.8. The molecule has 6 nitrogen and oxygen atoms in total. The summed E-state index contributed by atoms with van der Waals surface area (Å²) in [4.78, 5) is 30.7. The van der Waals surface area contributed by atoms with E-state index in [-0.39, 0.29) is 18.4 Å². The zero-order valence-electron chi connectivity index (χ0n) is 23.6. The van der Waals surface area contributed by atoms with Crippen LogP contribution >= 0.6 is 11.6 Å². The Kier molecular flexibility index (Phi) is 8.11. The van der Waals surface area contributed by atoms with Crippen molar-refractivity contribution in [3.8, 4) is 5.75 Å². The molecule has 2 amide bonds. The first-order valence-electron chi connectivity index (χ1n) is 14.0. The number of hydrogen-bond acceptors (Lipinski definition) is 4. The van der Waals surface area contributed by atoms with E-state index in [1.807, 2.05) is 103 Å². The number of para-hydroxylation sites is 2. The lowest BCUT2D eigenvalue weighted by Gasteiger charge is -2.46. The van der Waals surface area contributed by atoms with E-state index >= 15 is 0 Å². The van der Waals surface area contributed by atoms with E-state index in [0.29, 0.717) is 28.6 Å². The van der Waals surface area contributed by atoms with Crippen LogP contribution in [0.15, 0.2) is 127 Å². The molecule has 0 aliphatic carbocycles. The first-order chi connectivity index (χ1) is 21.0. The fourth-order valence-electron chi connectivity index (χ4n) is 5.30. The van der Waals surface area contributed by atoms with Crippen LogP contribution in [-0.4, -0.2) is 18.4 Å². The van der Waals surface area contributed by atoms with Gasteiger partial charge >= 0.3 is 0 Å². The summed E-state index contributed by atoms with van der Waals surface area (Å²) in [6.07, 6.45) is -0.428. The van der Waals surface area contributed by atoms with E-state index in [4.69, 9.17) is 16.3 Å². The molecule has 1 aliphatic heterocycles. The Hall–Kier alpha value is -5.07. The molecule has 214 valence electrons. The summed E-state index contributed by atoms with van der Waals surface area (Å²) < 4.78 is 5.80. The standard InChI is InChI=1S/C36H30ClN3O3/c1-25-15-19-28(20-16-25)40-35(39(23-26-9-3-2-4-10-26)33-14-8-5-11-30(33)36(40)42)27-17-21-29(22-18-27)43-24-34(41)38-32-13-7-6-12-31(32)37/h2-22,35H,23-24H2,1H3,(H,38,41)/t35-/m1/s1. The van der Waals surface area contributed by atoms with Gasteiger partial charge < -0.3 is 15.0 Å². The van der Waals surface area contributed by atoms with Crippen molar-refractivity contribution in [1.29, 1.82) is 0 Å². The van der Waals surface area contributed by atoms with Gasteiger partial charge in [-0.1, -0.05) is 96.0 Å². The number of nitrogens with one attached hydrogen (secondary N) is 1. The monoisotopic (exact) mass is 587 g/mol. The Bertz CT molecular complexity index is 1740. The molecule has 1 heterocycles. The van der Waals surface area contributed by atoms with Gasteiger partial charge in [0.25, 0.3) is 11.8 Å². The summed E-state index contributed by atoms with van der Waals surface area (Å²) in [7, 11) is 0. The lowest BCUT2D eigenvalue weighted by atomic mass is 9.99. The van der Waals surface area contributed by atoms with Crippen molar-refractivity contribution in [2.45, 2.75) is 19.6 Å². The summed E-state index contributed by atoms with van der Waals surface area (Å²) in [6.45, 7) is 2.46.